The molecule has 2 rings (SSSR count). The highest BCUT2D eigenvalue weighted by molar-refractivity contribution is 5.85. The van der Waals surface area contributed by atoms with E-state index >= 15 is 0 Å². The molecule has 120 valence electrons. The van der Waals surface area contributed by atoms with Crippen LogP contribution in [0.15, 0.2) is 24.3 Å². The molecule has 1 N–H and O–H groups in total. The fourth-order valence-corrected chi connectivity index (χ4v) is 2.54. The highest BCUT2D eigenvalue weighted by atomic mass is 35.5. The van der Waals surface area contributed by atoms with Crippen LogP contribution in [-0.2, 0) is 0 Å². The summed E-state index contributed by atoms with van der Waals surface area (Å²) in [6, 6.07) is 5.46. The lowest BCUT2D eigenvalue weighted by atomic mass is 9.99. The predicted octanol–water partition coefficient (Wildman–Crippen LogP) is 3.54. The zero-order chi connectivity index (χ0) is 14.6. The van der Waals surface area contributed by atoms with Gasteiger partial charge in [-0.05, 0) is 24.1 Å². The second kappa shape index (κ2) is 7.96. The van der Waals surface area contributed by atoms with Crippen molar-refractivity contribution in [2.75, 3.05) is 26.2 Å². The first-order valence-corrected chi connectivity index (χ1v) is 6.73. The van der Waals surface area contributed by atoms with Gasteiger partial charge < -0.3 is 5.32 Å². The molecule has 0 amide bonds. The molecule has 0 spiro atoms. The highest BCUT2D eigenvalue weighted by Crippen LogP contribution is 2.31. The lowest BCUT2D eigenvalue weighted by molar-refractivity contribution is -0.138. The topological polar surface area (TPSA) is 15.3 Å². The predicted molar refractivity (Wildman–Crippen MR) is 76.1 cm³/mol. The van der Waals surface area contributed by atoms with E-state index in [2.05, 4.69) is 5.32 Å². The molecule has 1 aliphatic rings. The van der Waals surface area contributed by atoms with Gasteiger partial charge >= 0.3 is 6.18 Å². The summed E-state index contributed by atoms with van der Waals surface area (Å²) in [6.45, 7) is 2.95. The third-order valence-corrected chi connectivity index (χ3v) is 3.55. The average molecular weight is 327 g/mol. The first-order chi connectivity index (χ1) is 9.46. The molecular formula is C14H19ClF4N2. The summed E-state index contributed by atoms with van der Waals surface area (Å²) in [5.74, 6) is -0.372. The molecule has 0 bridgehead atoms. The Labute approximate surface area is 127 Å². The van der Waals surface area contributed by atoms with Crippen molar-refractivity contribution in [3.8, 4) is 0 Å². The van der Waals surface area contributed by atoms with Crippen molar-refractivity contribution in [3.63, 3.8) is 0 Å². The van der Waals surface area contributed by atoms with Gasteiger partial charge in [-0.15, -0.1) is 12.4 Å². The van der Waals surface area contributed by atoms with Crippen LogP contribution in [0.25, 0.3) is 0 Å². The number of rotatable bonds is 4. The number of alkyl halides is 3. The monoisotopic (exact) mass is 326 g/mol. The molecule has 1 atom stereocenters. The summed E-state index contributed by atoms with van der Waals surface area (Å²) >= 11 is 0. The molecule has 0 aromatic heterocycles. The van der Waals surface area contributed by atoms with Crippen LogP contribution < -0.4 is 5.32 Å². The normalized spacial score (nSPS) is 18.1. The minimum atomic E-state index is -4.16. The smallest absolute Gasteiger partial charge is 0.314 e. The van der Waals surface area contributed by atoms with Crippen LogP contribution >= 0.6 is 12.4 Å². The molecule has 1 aromatic carbocycles. The van der Waals surface area contributed by atoms with Gasteiger partial charge in [0.25, 0.3) is 0 Å². The zero-order valence-electron chi connectivity index (χ0n) is 11.5. The molecular weight excluding hydrogens is 308 g/mol. The zero-order valence-corrected chi connectivity index (χ0v) is 12.3. The lowest BCUT2D eigenvalue weighted by Gasteiger charge is -2.35. The van der Waals surface area contributed by atoms with Crippen LogP contribution in [0.4, 0.5) is 17.6 Å². The number of nitrogens with zero attached hydrogens (tertiary/aromatic N) is 1. The molecule has 1 aromatic rings. The van der Waals surface area contributed by atoms with Crippen molar-refractivity contribution in [1.29, 1.82) is 0 Å². The number of piperazine rings is 1. The molecule has 0 unspecified atom stereocenters. The Kier molecular flexibility index (Phi) is 6.90. The number of nitrogens with one attached hydrogen (secondary N) is 1. The Morgan fingerprint density at radius 3 is 2.19 bits per heavy atom. The largest absolute Gasteiger partial charge is 0.389 e. The summed E-state index contributed by atoms with van der Waals surface area (Å²) < 4.78 is 50.4. The van der Waals surface area contributed by atoms with Gasteiger partial charge in [0.2, 0.25) is 0 Å². The maximum Gasteiger partial charge on any atom is 0.389 e. The molecule has 1 aliphatic heterocycles. The molecule has 0 radical (unpaired) electrons. The van der Waals surface area contributed by atoms with Crippen LogP contribution in [0.2, 0.25) is 0 Å². The molecule has 1 saturated heterocycles. The van der Waals surface area contributed by atoms with Crippen molar-refractivity contribution in [3.05, 3.63) is 35.6 Å². The van der Waals surface area contributed by atoms with Crippen molar-refractivity contribution in [2.24, 2.45) is 0 Å². The second-order valence-corrected chi connectivity index (χ2v) is 5.01. The molecule has 1 heterocycles. The van der Waals surface area contributed by atoms with Gasteiger partial charge in [-0.1, -0.05) is 12.1 Å². The molecule has 21 heavy (non-hydrogen) atoms. The minimum absolute atomic E-state index is 0. The van der Waals surface area contributed by atoms with Crippen molar-refractivity contribution in [1.82, 2.24) is 10.2 Å². The summed E-state index contributed by atoms with van der Waals surface area (Å²) in [4.78, 5) is 2.04. The first kappa shape index (κ1) is 18.2. The molecule has 0 saturated carbocycles. The summed E-state index contributed by atoms with van der Waals surface area (Å²) in [5, 5.41) is 3.18. The lowest BCUT2D eigenvalue weighted by Crippen LogP contribution is -2.45. The van der Waals surface area contributed by atoms with E-state index in [9.17, 15) is 17.6 Å². The van der Waals surface area contributed by atoms with Crippen molar-refractivity contribution < 1.29 is 17.6 Å². The van der Waals surface area contributed by atoms with E-state index in [-0.39, 0.29) is 30.7 Å². The van der Waals surface area contributed by atoms with E-state index in [0.29, 0.717) is 13.1 Å². The Morgan fingerprint density at radius 2 is 1.67 bits per heavy atom. The highest BCUT2D eigenvalue weighted by Gasteiger charge is 2.31. The number of benzene rings is 1. The fraction of sp³-hybridized carbons (Fsp3) is 0.571. The van der Waals surface area contributed by atoms with E-state index in [0.717, 1.165) is 18.7 Å². The maximum atomic E-state index is 13.0. The van der Waals surface area contributed by atoms with E-state index in [1.54, 1.807) is 12.1 Å². The first-order valence-electron chi connectivity index (χ1n) is 6.73. The maximum absolute atomic E-state index is 13.0. The third-order valence-electron chi connectivity index (χ3n) is 3.55. The fourth-order valence-electron chi connectivity index (χ4n) is 2.54. The summed E-state index contributed by atoms with van der Waals surface area (Å²) in [6.07, 6.45) is -4.97. The molecule has 7 heteroatoms. The van der Waals surface area contributed by atoms with E-state index in [1.165, 1.54) is 12.1 Å². The third kappa shape index (κ3) is 5.80. The summed E-state index contributed by atoms with van der Waals surface area (Å²) in [7, 11) is 0. The number of halogens is 5. The Bertz CT molecular complexity index is 416. The van der Waals surface area contributed by atoms with Gasteiger partial charge in [0.15, 0.2) is 0 Å². The van der Waals surface area contributed by atoms with Crippen LogP contribution in [0, 0.1) is 5.82 Å². The SMILES string of the molecule is Cl.Fc1ccc([C@H](CCC(F)(F)F)N2CCNCC2)cc1. The number of hydrogen-bond donors (Lipinski definition) is 1. The molecule has 0 aliphatic carbocycles. The van der Waals surface area contributed by atoms with Crippen molar-refractivity contribution >= 4 is 12.4 Å². The summed E-state index contributed by atoms with van der Waals surface area (Å²) in [5.41, 5.74) is 0.748. The Balaban J connectivity index is 0.00000220. The van der Waals surface area contributed by atoms with Gasteiger partial charge in [0.05, 0.1) is 0 Å². The average Bonchev–Trinajstić information content (AvgIpc) is 2.41. The van der Waals surface area contributed by atoms with Crippen LogP contribution in [0.3, 0.4) is 0 Å². The second-order valence-electron chi connectivity index (χ2n) is 5.01. The Morgan fingerprint density at radius 1 is 1.10 bits per heavy atom. The minimum Gasteiger partial charge on any atom is -0.314 e. The standard InChI is InChI=1S/C14H18F4N2.ClH/c15-12-3-1-11(2-4-12)13(5-6-14(16,17)18)20-9-7-19-8-10-20;/h1-4,13,19H,5-10H2;1H/t13-;/m0./s1. The van der Waals surface area contributed by atoms with Gasteiger partial charge in [0, 0.05) is 38.6 Å². The van der Waals surface area contributed by atoms with E-state index in [1.807, 2.05) is 4.90 Å². The molecule has 2 nitrogen and oxygen atoms in total. The van der Waals surface area contributed by atoms with Crippen LogP contribution in [0.5, 0.6) is 0 Å². The number of hydrogen-bond acceptors (Lipinski definition) is 2. The van der Waals surface area contributed by atoms with Crippen LogP contribution in [0.1, 0.15) is 24.4 Å². The van der Waals surface area contributed by atoms with E-state index in [4.69, 9.17) is 0 Å². The van der Waals surface area contributed by atoms with Gasteiger partial charge in [-0.2, -0.15) is 13.2 Å². The van der Waals surface area contributed by atoms with Gasteiger partial charge in [-0.25, -0.2) is 4.39 Å². The van der Waals surface area contributed by atoms with Crippen molar-refractivity contribution in [2.45, 2.75) is 25.1 Å². The Hall–Kier alpha value is -0.850. The van der Waals surface area contributed by atoms with Crippen LogP contribution in [-0.4, -0.2) is 37.3 Å². The quantitative estimate of drug-likeness (QED) is 0.851. The van der Waals surface area contributed by atoms with Gasteiger partial charge in [0.1, 0.15) is 5.82 Å². The van der Waals surface area contributed by atoms with E-state index < -0.39 is 12.6 Å². The van der Waals surface area contributed by atoms with Gasteiger partial charge in [-0.3, -0.25) is 4.90 Å². The molecule has 1 fully saturated rings.